The Morgan fingerprint density at radius 3 is 1.17 bits per heavy atom. The molecule has 2 radical (unpaired) electrons. The van der Waals surface area contributed by atoms with Crippen molar-refractivity contribution < 1.29 is 20.8 Å². The summed E-state index contributed by atoms with van der Waals surface area (Å²) in [6.07, 6.45) is 21.6. The monoisotopic (exact) mass is 904 g/mol. The standard InChI is InChI=1S/2C26H31.C2H6Si.2ClH.Zr/c2*1-3-20-11-13-22(14-12-20)24-10-8-9-23-17-21(18-25(23)24)19-26(2)15-6-4-5-7-16-26;1-3-2;;;/h2*8-14,17-18H,3-7,15-16,19H2,1-2H3;1-2H3;2*1H;/q2*-1;;;;+4/p-2. The quantitative estimate of drug-likeness (QED) is 0.0811. The zero-order valence-corrected chi connectivity index (χ0v) is 41.4. The van der Waals surface area contributed by atoms with Crippen molar-refractivity contribution in [2.24, 2.45) is 10.8 Å². The molecule has 306 valence electrons. The molecule has 58 heavy (non-hydrogen) atoms. The Bertz CT molecular complexity index is 1920. The van der Waals surface area contributed by atoms with Gasteiger partial charge >= 0.3 is 37.9 Å². The summed E-state index contributed by atoms with van der Waals surface area (Å²) >= 11 is -0.826. The maximum absolute atomic E-state index is 4.93. The van der Waals surface area contributed by atoms with E-state index in [4.69, 9.17) is 17.0 Å². The van der Waals surface area contributed by atoms with Gasteiger partial charge in [-0.15, -0.1) is 69.1 Å². The first-order valence-corrected chi connectivity index (χ1v) is 30.6. The molecule has 4 heteroatoms. The van der Waals surface area contributed by atoms with Gasteiger partial charge in [0.05, 0.1) is 0 Å². The van der Waals surface area contributed by atoms with Crippen LogP contribution in [0.3, 0.4) is 0 Å². The van der Waals surface area contributed by atoms with E-state index in [0.29, 0.717) is 10.8 Å². The molecule has 0 N–H and O–H groups in total. The fourth-order valence-electron chi connectivity index (χ4n) is 9.64. The van der Waals surface area contributed by atoms with E-state index in [2.05, 4.69) is 150 Å². The van der Waals surface area contributed by atoms with Crippen LogP contribution in [-0.2, 0) is 46.5 Å². The average molecular weight is 907 g/mol. The van der Waals surface area contributed by atoms with Crippen LogP contribution in [0.2, 0.25) is 13.1 Å². The fraction of sp³-hybridized carbons (Fsp3) is 0.444. The summed E-state index contributed by atoms with van der Waals surface area (Å²) in [5, 5.41) is 5.64. The molecule has 2 aliphatic rings. The van der Waals surface area contributed by atoms with Crippen LogP contribution in [0.25, 0.3) is 43.8 Å². The van der Waals surface area contributed by atoms with Crippen molar-refractivity contribution in [3.05, 3.63) is 131 Å². The average Bonchev–Trinajstić information content (AvgIpc) is 3.68. The van der Waals surface area contributed by atoms with Crippen molar-refractivity contribution in [1.29, 1.82) is 0 Å². The summed E-state index contributed by atoms with van der Waals surface area (Å²) in [5.74, 6) is 0. The van der Waals surface area contributed by atoms with E-state index in [1.165, 1.54) is 156 Å². The molecule has 6 aromatic rings. The molecule has 8 rings (SSSR count). The van der Waals surface area contributed by atoms with E-state index in [1.807, 2.05) is 0 Å². The van der Waals surface area contributed by atoms with Crippen LogP contribution in [0.5, 0.6) is 0 Å². The van der Waals surface area contributed by atoms with E-state index in [-0.39, 0.29) is 0 Å². The van der Waals surface area contributed by atoms with Gasteiger partial charge < -0.3 is 0 Å². The third-order valence-electron chi connectivity index (χ3n) is 12.9. The summed E-state index contributed by atoms with van der Waals surface area (Å²) in [7, 11) is 11.0. The van der Waals surface area contributed by atoms with Gasteiger partial charge in [0.1, 0.15) is 0 Å². The van der Waals surface area contributed by atoms with Gasteiger partial charge in [-0.25, -0.2) is 0 Å². The summed E-state index contributed by atoms with van der Waals surface area (Å²) in [5.41, 5.74) is 12.3. The molecule has 2 aliphatic carbocycles. The predicted molar refractivity (Wildman–Crippen MR) is 257 cm³/mol. The number of aryl methyl sites for hydroxylation is 2. The minimum absolute atomic E-state index is 0.490. The minimum atomic E-state index is -0.826. The van der Waals surface area contributed by atoms with Gasteiger partial charge in [-0.1, -0.05) is 164 Å². The third-order valence-corrected chi connectivity index (χ3v) is 12.9. The summed E-state index contributed by atoms with van der Waals surface area (Å²) in [6.45, 7) is 13.8. The second-order valence-corrected chi connectivity index (χ2v) is 22.6. The van der Waals surface area contributed by atoms with Gasteiger partial charge in [-0.2, -0.15) is 12.1 Å². The Hall–Kier alpha value is -2.22. The van der Waals surface area contributed by atoms with Gasteiger partial charge in [0.15, 0.2) is 0 Å². The molecule has 6 aromatic carbocycles. The van der Waals surface area contributed by atoms with Gasteiger partial charge in [-0.05, 0) is 84.5 Å². The molecular weight excluding hydrogens is 839 g/mol. The van der Waals surface area contributed by atoms with Crippen LogP contribution in [0.4, 0.5) is 0 Å². The first-order chi connectivity index (χ1) is 28.2. The zero-order valence-electron chi connectivity index (χ0n) is 36.5. The van der Waals surface area contributed by atoms with Crippen LogP contribution in [-0.4, -0.2) is 9.52 Å². The molecule has 0 saturated heterocycles. The summed E-state index contributed by atoms with van der Waals surface area (Å²) in [4.78, 5) is 0. The third kappa shape index (κ3) is 13.4. The number of halogens is 2. The van der Waals surface area contributed by atoms with Crippen molar-refractivity contribution >= 4 is 48.1 Å². The molecule has 0 spiro atoms. The van der Waals surface area contributed by atoms with E-state index in [0.717, 1.165) is 22.4 Å². The molecule has 0 nitrogen and oxygen atoms in total. The molecule has 0 heterocycles. The molecule has 2 saturated carbocycles. The number of benzene rings is 4. The predicted octanol–water partition coefficient (Wildman–Crippen LogP) is 17.5. The van der Waals surface area contributed by atoms with Crippen LogP contribution in [0.1, 0.15) is 127 Å². The van der Waals surface area contributed by atoms with Crippen molar-refractivity contribution in [2.45, 2.75) is 144 Å². The topological polar surface area (TPSA) is 0 Å². The Morgan fingerprint density at radius 2 is 0.862 bits per heavy atom. The molecule has 0 unspecified atom stereocenters. The van der Waals surface area contributed by atoms with Crippen molar-refractivity contribution in [3.8, 4) is 22.3 Å². The maximum atomic E-state index is 4.93. The van der Waals surface area contributed by atoms with Crippen molar-refractivity contribution in [3.63, 3.8) is 0 Å². The molecule has 0 amide bonds. The Balaban J connectivity index is 0.000000195. The number of fused-ring (bicyclic) bond motifs is 2. The molecule has 0 atom stereocenters. The molecule has 0 aromatic heterocycles. The molecule has 0 aliphatic heterocycles. The number of rotatable bonds is 8. The van der Waals surface area contributed by atoms with Crippen molar-refractivity contribution in [2.75, 3.05) is 0 Å². The van der Waals surface area contributed by atoms with Gasteiger partial charge in [-0.3, -0.25) is 0 Å². The van der Waals surface area contributed by atoms with E-state index >= 15 is 0 Å². The van der Waals surface area contributed by atoms with Crippen LogP contribution in [0, 0.1) is 10.8 Å². The summed E-state index contributed by atoms with van der Waals surface area (Å²) < 4.78 is 0. The summed E-state index contributed by atoms with van der Waals surface area (Å²) in [6, 6.07) is 41.6. The van der Waals surface area contributed by atoms with Crippen LogP contribution >= 0.6 is 17.0 Å². The Morgan fingerprint density at radius 1 is 0.534 bits per heavy atom. The Labute approximate surface area is 374 Å². The normalized spacial score (nSPS) is 16.0. The second kappa shape index (κ2) is 23.7. The van der Waals surface area contributed by atoms with E-state index < -0.39 is 20.8 Å². The van der Waals surface area contributed by atoms with E-state index in [1.54, 1.807) is 0 Å². The van der Waals surface area contributed by atoms with Crippen LogP contribution < -0.4 is 0 Å². The zero-order chi connectivity index (χ0) is 41.4. The van der Waals surface area contributed by atoms with Gasteiger partial charge in [0, 0.05) is 9.52 Å². The second-order valence-electron chi connectivity index (χ2n) is 17.8. The number of hydrogen-bond donors (Lipinski definition) is 0. The molecule has 2 fully saturated rings. The first kappa shape index (κ1) is 46.8. The van der Waals surface area contributed by atoms with Gasteiger partial charge in [0.25, 0.3) is 0 Å². The Kier molecular flexibility index (Phi) is 19.1. The molecule has 0 bridgehead atoms. The van der Waals surface area contributed by atoms with Crippen molar-refractivity contribution in [1.82, 2.24) is 0 Å². The SMILES string of the molecule is CCc1ccc(-c2cccc3[cH-]c(CC4(C)CCCCCC4)cc23)cc1.CCc1ccc(-c2cccc3[cH-]c(CC4(C)CCCCCC4)cc23)cc1.C[Si]C.[Cl][Zr+2][Cl]. The van der Waals surface area contributed by atoms with Crippen LogP contribution in [0.15, 0.2) is 109 Å². The van der Waals surface area contributed by atoms with E-state index in [9.17, 15) is 0 Å². The van der Waals surface area contributed by atoms with Gasteiger partial charge in [0.2, 0.25) is 0 Å². The first-order valence-electron chi connectivity index (χ1n) is 22.3. The molecular formula is C54H68Cl2SiZr. The number of hydrogen-bond acceptors (Lipinski definition) is 0. The fourth-order valence-corrected chi connectivity index (χ4v) is 9.64.